The summed E-state index contributed by atoms with van der Waals surface area (Å²) in [7, 11) is 0. The average Bonchev–Trinajstić information content (AvgIpc) is 2.60. The quantitative estimate of drug-likeness (QED) is 0.715. The highest BCUT2D eigenvalue weighted by molar-refractivity contribution is 9.10. The number of hydrogen-bond acceptors (Lipinski definition) is 4. The van der Waals surface area contributed by atoms with Crippen molar-refractivity contribution < 1.29 is 9.59 Å². The molecule has 0 saturated heterocycles. The van der Waals surface area contributed by atoms with Crippen molar-refractivity contribution >= 4 is 45.3 Å². The van der Waals surface area contributed by atoms with Crippen LogP contribution in [0.2, 0.25) is 0 Å². The molecule has 1 atom stereocenters. The molecule has 0 aliphatic heterocycles. The van der Waals surface area contributed by atoms with Crippen LogP contribution in [0.3, 0.4) is 0 Å². The number of pyridine rings is 1. The topological polar surface area (TPSA) is 71.1 Å². The van der Waals surface area contributed by atoms with Crippen molar-refractivity contribution in [1.82, 2.24) is 10.3 Å². The summed E-state index contributed by atoms with van der Waals surface area (Å²) in [6, 6.07) is 10.1. The Balaban J connectivity index is 2.09. The van der Waals surface area contributed by atoms with Gasteiger partial charge in [-0.15, -0.1) is 0 Å². The minimum Gasteiger partial charge on any atom is -0.340 e. The van der Waals surface area contributed by atoms with Crippen LogP contribution in [-0.2, 0) is 4.79 Å². The molecule has 0 spiro atoms. The molecule has 0 aliphatic carbocycles. The number of carbonyl (C=O) groups excluding carboxylic acids is 2. The van der Waals surface area contributed by atoms with E-state index < -0.39 is 6.04 Å². The van der Waals surface area contributed by atoms with Crippen molar-refractivity contribution in [2.45, 2.75) is 19.4 Å². The summed E-state index contributed by atoms with van der Waals surface area (Å²) in [4.78, 5) is 29.2. The minimum absolute atomic E-state index is 0.272. The number of benzene rings is 1. The van der Waals surface area contributed by atoms with E-state index >= 15 is 0 Å². The Kier molecular flexibility index (Phi) is 7.46. The van der Waals surface area contributed by atoms with Crippen LogP contribution in [0, 0.1) is 6.92 Å². The first-order valence-corrected chi connectivity index (χ1v) is 9.98. The lowest BCUT2D eigenvalue weighted by Crippen LogP contribution is -2.44. The molecule has 1 heterocycles. The number of hydrogen-bond donors (Lipinski definition) is 2. The first-order chi connectivity index (χ1) is 12.0. The molecule has 1 aromatic heterocycles. The predicted octanol–water partition coefficient (Wildman–Crippen LogP) is 3.64. The van der Waals surface area contributed by atoms with Crippen LogP contribution in [0.5, 0.6) is 0 Å². The van der Waals surface area contributed by atoms with Crippen LogP contribution in [-0.4, -0.2) is 34.8 Å². The Hall–Kier alpha value is -1.86. The number of nitrogens with zero attached hydrogens (tertiary/aromatic N) is 1. The summed E-state index contributed by atoms with van der Waals surface area (Å²) >= 11 is 4.99. The van der Waals surface area contributed by atoms with E-state index in [0.29, 0.717) is 22.3 Å². The molecule has 2 N–H and O–H groups in total. The van der Waals surface area contributed by atoms with Gasteiger partial charge in [0.05, 0.1) is 5.56 Å². The van der Waals surface area contributed by atoms with Crippen LogP contribution in [0.25, 0.3) is 0 Å². The average molecular weight is 422 g/mol. The SMILES string of the molecule is CSCCC(NC(=O)c1ccccc1Br)C(=O)Nc1ccc(C)cn1. The largest absolute Gasteiger partial charge is 0.340 e. The zero-order valence-electron chi connectivity index (χ0n) is 14.1. The second-order valence-corrected chi connectivity index (χ2v) is 7.34. The van der Waals surface area contributed by atoms with Gasteiger partial charge < -0.3 is 10.6 Å². The van der Waals surface area contributed by atoms with E-state index in [0.717, 1.165) is 11.3 Å². The summed E-state index contributed by atoms with van der Waals surface area (Å²) < 4.78 is 0.691. The minimum atomic E-state index is -0.629. The molecular weight excluding hydrogens is 402 g/mol. The zero-order valence-corrected chi connectivity index (χ0v) is 16.5. The number of halogens is 1. The van der Waals surface area contributed by atoms with Gasteiger partial charge in [-0.2, -0.15) is 11.8 Å². The molecule has 0 aliphatic rings. The van der Waals surface area contributed by atoms with Gasteiger partial charge >= 0.3 is 0 Å². The number of amides is 2. The van der Waals surface area contributed by atoms with Crippen LogP contribution >= 0.6 is 27.7 Å². The normalized spacial score (nSPS) is 11.6. The fourth-order valence-electron chi connectivity index (χ4n) is 2.14. The highest BCUT2D eigenvalue weighted by atomic mass is 79.9. The molecular formula is C18H20BrN3O2S. The first-order valence-electron chi connectivity index (χ1n) is 7.79. The number of anilines is 1. The molecule has 0 radical (unpaired) electrons. The van der Waals surface area contributed by atoms with Gasteiger partial charge in [0, 0.05) is 10.7 Å². The monoisotopic (exact) mass is 421 g/mol. The van der Waals surface area contributed by atoms with Crippen molar-refractivity contribution in [3.05, 3.63) is 58.2 Å². The Morgan fingerprint density at radius 1 is 1.24 bits per heavy atom. The number of nitrogens with one attached hydrogen (secondary N) is 2. The van der Waals surface area contributed by atoms with Gasteiger partial charge in [0.15, 0.2) is 0 Å². The van der Waals surface area contributed by atoms with E-state index in [4.69, 9.17) is 0 Å². The number of carbonyl (C=O) groups is 2. The van der Waals surface area contributed by atoms with E-state index in [1.165, 1.54) is 0 Å². The molecule has 5 nitrogen and oxygen atoms in total. The fraction of sp³-hybridized carbons (Fsp3) is 0.278. The third-order valence-corrected chi connectivity index (χ3v) is 4.85. The molecule has 0 fully saturated rings. The lowest BCUT2D eigenvalue weighted by molar-refractivity contribution is -0.118. The molecule has 0 saturated carbocycles. The van der Waals surface area contributed by atoms with Gasteiger partial charge in [-0.05, 0) is 65.0 Å². The van der Waals surface area contributed by atoms with E-state index in [1.807, 2.05) is 25.3 Å². The third-order valence-electron chi connectivity index (χ3n) is 3.51. The standard InChI is InChI=1S/C18H20BrN3O2S/c1-12-7-8-16(20-11-12)22-18(24)15(9-10-25-2)21-17(23)13-5-3-4-6-14(13)19/h3-8,11,15H,9-10H2,1-2H3,(H,21,23)(H,20,22,24). The molecule has 7 heteroatoms. The lowest BCUT2D eigenvalue weighted by Gasteiger charge is -2.18. The Labute approximate surface area is 160 Å². The zero-order chi connectivity index (χ0) is 18.2. The maximum absolute atomic E-state index is 12.6. The van der Waals surface area contributed by atoms with Crippen LogP contribution < -0.4 is 10.6 Å². The van der Waals surface area contributed by atoms with Crippen molar-refractivity contribution in [2.24, 2.45) is 0 Å². The summed E-state index contributed by atoms with van der Waals surface area (Å²) in [6.45, 7) is 1.93. The van der Waals surface area contributed by atoms with Gasteiger partial charge in [-0.3, -0.25) is 9.59 Å². The summed E-state index contributed by atoms with van der Waals surface area (Å²) in [5.41, 5.74) is 1.51. The van der Waals surface area contributed by atoms with Gasteiger partial charge in [0.25, 0.3) is 5.91 Å². The van der Waals surface area contributed by atoms with Crippen molar-refractivity contribution in [2.75, 3.05) is 17.3 Å². The van der Waals surface area contributed by atoms with Gasteiger partial charge in [0.1, 0.15) is 11.9 Å². The molecule has 1 unspecified atom stereocenters. The highest BCUT2D eigenvalue weighted by Gasteiger charge is 2.22. The van der Waals surface area contributed by atoms with Gasteiger partial charge in [-0.25, -0.2) is 4.98 Å². The van der Waals surface area contributed by atoms with Crippen molar-refractivity contribution in [3.63, 3.8) is 0 Å². The molecule has 1 aromatic carbocycles. The number of aryl methyl sites for hydroxylation is 1. The van der Waals surface area contributed by atoms with Crippen LogP contribution in [0.4, 0.5) is 5.82 Å². The van der Waals surface area contributed by atoms with E-state index in [9.17, 15) is 9.59 Å². The molecule has 2 rings (SSSR count). The maximum atomic E-state index is 12.6. The Morgan fingerprint density at radius 3 is 2.64 bits per heavy atom. The first kappa shape index (κ1) is 19.5. The molecule has 2 amide bonds. The highest BCUT2D eigenvalue weighted by Crippen LogP contribution is 2.16. The van der Waals surface area contributed by atoms with Gasteiger partial charge in [-0.1, -0.05) is 18.2 Å². The van der Waals surface area contributed by atoms with Crippen LogP contribution in [0.1, 0.15) is 22.3 Å². The molecule has 0 bridgehead atoms. The van der Waals surface area contributed by atoms with E-state index in [2.05, 4.69) is 31.5 Å². The fourth-order valence-corrected chi connectivity index (χ4v) is 3.08. The summed E-state index contributed by atoms with van der Waals surface area (Å²) in [6.07, 6.45) is 4.19. The third kappa shape index (κ3) is 5.86. The second kappa shape index (κ2) is 9.58. The second-order valence-electron chi connectivity index (χ2n) is 5.50. The van der Waals surface area contributed by atoms with E-state index in [1.54, 1.807) is 42.2 Å². The number of aromatic nitrogens is 1. The number of thioether (sulfide) groups is 1. The summed E-state index contributed by atoms with van der Waals surface area (Å²) in [5, 5.41) is 5.58. The smallest absolute Gasteiger partial charge is 0.253 e. The van der Waals surface area contributed by atoms with Gasteiger partial charge in [0.2, 0.25) is 5.91 Å². The summed E-state index contributed by atoms with van der Waals surface area (Å²) in [5.74, 6) is 0.673. The molecule has 2 aromatic rings. The molecule has 25 heavy (non-hydrogen) atoms. The Bertz CT molecular complexity index is 737. The van der Waals surface area contributed by atoms with E-state index in [-0.39, 0.29) is 11.8 Å². The van der Waals surface area contributed by atoms with Crippen molar-refractivity contribution in [3.8, 4) is 0 Å². The lowest BCUT2D eigenvalue weighted by atomic mass is 10.1. The Morgan fingerprint density at radius 2 is 2.00 bits per heavy atom. The van der Waals surface area contributed by atoms with Crippen molar-refractivity contribution in [1.29, 1.82) is 0 Å². The predicted molar refractivity (Wildman–Crippen MR) is 106 cm³/mol. The molecule has 132 valence electrons. The van der Waals surface area contributed by atoms with Crippen LogP contribution in [0.15, 0.2) is 47.1 Å². The number of rotatable bonds is 7. The maximum Gasteiger partial charge on any atom is 0.253 e.